The smallest absolute Gasteiger partial charge is 0.185 e. The Labute approximate surface area is 243 Å². The first-order valence-corrected chi connectivity index (χ1v) is 13.9. The van der Waals surface area contributed by atoms with Crippen LogP contribution in [0.5, 0.6) is 5.75 Å². The summed E-state index contributed by atoms with van der Waals surface area (Å²) in [5.41, 5.74) is 15.8. The first kappa shape index (κ1) is 30.6. The van der Waals surface area contributed by atoms with Crippen molar-refractivity contribution in [2.45, 2.75) is 32.6 Å². The molecular weight excluding hydrogens is 508 g/mol. The lowest BCUT2D eigenvalue weighted by atomic mass is 10.1. The Kier molecular flexibility index (Phi) is 12.7. The molecule has 5 nitrogen and oxygen atoms in total. The Hall–Kier alpha value is -4.90. The highest BCUT2D eigenvalue weighted by molar-refractivity contribution is 6.07. The number of nitrogens with two attached hydrogens (primary N) is 2. The molecule has 0 atom stereocenters. The van der Waals surface area contributed by atoms with Gasteiger partial charge in [-0.15, -0.1) is 0 Å². The third-order valence-corrected chi connectivity index (χ3v) is 6.19. The van der Waals surface area contributed by atoms with Crippen molar-refractivity contribution in [1.82, 2.24) is 0 Å². The second-order valence-corrected chi connectivity index (χ2v) is 9.53. The predicted molar refractivity (Wildman–Crippen MR) is 171 cm³/mol. The molecule has 0 aliphatic carbocycles. The fraction of sp³-hybridized carbons (Fsp3) is 0.167. The molecule has 4 N–H and O–H groups in total. The van der Waals surface area contributed by atoms with Gasteiger partial charge < -0.3 is 16.2 Å². The number of anilines is 2. The monoisotopic (exact) mass is 546 g/mol. The Morgan fingerprint density at radius 1 is 0.610 bits per heavy atom. The van der Waals surface area contributed by atoms with Gasteiger partial charge in [0.15, 0.2) is 11.6 Å². The van der Waals surface area contributed by atoms with Crippen molar-refractivity contribution in [3.63, 3.8) is 0 Å². The van der Waals surface area contributed by atoms with Crippen molar-refractivity contribution >= 4 is 35.1 Å². The zero-order valence-corrected chi connectivity index (χ0v) is 23.5. The normalized spacial score (nSPS) is 10.8. The quantitative estimate of drug-likeness (QED) is 0.0806. The molecule has 0 aliphatic rings. The molecule has 0 spiro atoms. The molecule has 0 saturated carbocycles. The van der Waals surface area contributed by atoms with Gasteiger partial charge in [-0.1, -0.05) is 80.8 Å². The van der Waals surface area contributed by atoms with Crippen molar-refractivity contribution in [3.05, 3.63) is 138 Å². The minimum Gasteiger partial charge on any atom is -0.494 e. The number of benzene rings is 4. The van der Waals surface area contributed by atoms with Gasteiger partial charge in [-0.2, -0.15) is 0 Å². The average Bonchev–Trinajstić information content (AvgIpc) is 3.01. The molecule has 0 heterocycles. The molecule has 41 heavy (non-hydrogen) atoms. The number of allylic oxidation sites excluding steroid dienone is 2. The molecule has 0 aromatic heterocycles. The molecule has 4 aromatic carbocycles. The summed E-state index contributed by atoms with van der Waals surface area (Å²) in [7, 11) is 0. The zero-order valence-electron chi connectivity index (χ0n) is 23.5. The van der Waals surface area contributed by atoms with E-state index in [1.807, 2.05) is 60.7 Å². The number of rotatable bonds is 12. The van der Waals surface area contributed by atoms with Crippen molar-refractivity contribution in [3.8, 4) is 5.75 Å². The summed E-state index contributed by atoms with van der Waals surface area (Å²) < 4.78 is 5.71. The van der Waals surface area contributed by atoms with Gasteiger partial charge in [0.1, 0.15) is 5.75 Å². The van der Waals surface area contributed by atoms with E-state index in [4.69, 9.17) is 16.2 Å². The number of carbonyl (C=O) groups is 2. The van der Waals surface area contributed by atoms with Crippen LogP contribution in [0.3, 0.4) is 0 Å². The van der Waals surface area contributed by atoms with Crippen LogP contribution in [-0.2, 0) is 0 Å². The minimum absolute atomic E-state index is 0.0196. The predicted octanol–water partition coefficient (Wildman–Crippen LogP) is 8.29. The number of ether oxygens (including phenoxy) is 1. The summed E-state index contributed by atoms with van der Waals surface area (Å²) in [6, 6.07) is 31.3. The highest BCUT2D eigenvalue weighted by atomic mass is 16.5. The first-order chi connectivity index (χ1) is 19.9. The molecule has 0 saturated heterocycles. The maximum Gasteiger partial charge on any atom is 0.185 e. The van der Waals surface area contributed by atoms with Crippen LogP contribution in [0.1, 0.15) is 64.4 Å². The molecule has 0 fully saturated rings. The summed E-state index contributed by atoms with van der Waals surface area (Å²) in [4.78, 5) is 23.9. The van der Waals surface area contributed by atoms with Crippen molar-refractivity contribution < 1.29 is 14.3 Å². The SMILES string of the molecule is CCCCCCOc1ccc(C=CC(=O)c2ccc(N)cc2)cc1.Nc1ccc(C(=O)C=Cc2ccccc2)cc1. The minimum atomic E-state index is -0.0359. The largest absolute Gasteiger partial charge is 0.494 e. The van der Waals surface area contributed by atoms with Gasteiger partial charge in [0, 0.05) is 22.5 Å². The number of hydrogen-bond acceptors (Lipinski definition) is 5. The van der Waals surface area contributed by atoms with Crippen LogP contribution < -0.4 is 16.2 Å². The molecule has 0 aliphatic heterocycles. The Bertz CT molecular complexity index is 1410. The summed E-state index contributed by atoms with van der Waals surface area (Å²) in [6.45, 7) is 2.95. The van der Waals surface area contributed by atoms with Gasteiger partial charge in [-0.05, 0) is 90.4 Å². The van der Waals surface area contributed by atoms with Crippen LogP contribution >= 0.6 is 0 Å². The fourth-order valence-electron chi connectivity index (χ4n) is 3.79. The standard InChI is InChI=1S/C21H25NO2.C15H13NO/c1-2-3-4-5-16-24-20-13-6-17(7-14-20)8-15-21(23)18-9-11-19(22)12-10-18;16-14-9-7-13(8-10-14)15(17)11-6-12-4-2-1-3-5-12/h6-15H,2-5,16,22H2,1H3;1-11H,16H2. The van der Waals surface area contributed by atoms with Gasteiger partial charge in [-0.25, -0.2) is 0 Å². The molecule has 0 bridgehead atoms. The first-order valence-electron chi connectivity index (χ1n) is 13.9. The van der Waals surface area contributed by atoms with E-state index in [0.717, 1.165) is 29.9 Å². The summed E-state index contributed by atoms with van der Waals surface area (Å²) >= 11 is 0. The lowest BCUT2D eigenvalue weighted by Gasteiger charge is -2.06. The molecule has 4 aromatic rings. The Morgan fingerprint density at radius 3 is 1.59 bits per heavy atom. The number of ketones is 2. The summed E-state index contributed by atoms with van der Waals surface area (Å²) in [5, 5.41) is 0. The van der Waals surface area contributed by atoms with Gasteiger partial charge in [0.2, 0.25) is 0 Å². The highest BCUT2D eigenvalue weighted by Crippen LogP contribution is 2.15. The Balaban J connectivity index is 0.000000239. The van der Waals surface area contributed by atoms with Crippen LogP contribution in [-0.4, -0.2) is 18.2 Å². The topological polar surface area (TPSA) is 95.4 Å². The molecule has 4 rings (SSSR count). The van der Waals surface area contributed by atoms with Gasteiger partial charge in [0.25, 0.3) is 0 Å². The van der Waals surface area contributed by atoms with E-state index in [0.29, 0.717) is 22.5 Å². The number of hydrogen-bond donors (Lipinski definition) is 2. The van der Waals surface area contributed by atoms with Crippen molar-refractivity contribution in [2.75, 3.05) is 18.1 Å². The van der Waals surface area contributed by atoms with Crippen LogP contribution in [0.25, 0.3) is 12.2 Å². The second-order valence-electron chi connectivity index (χ2n) is 9.53. The summed E-state index contributed by atoms with van der Waals surface area (Å²) in [6.07, 6.45) is 11.6. The Morgan fingerprint density at radius 2 is 1.10 bits per heavy atom. The van der Waals surface area contributed by atoms with Crippen LogP contribution in [0.2, 0.25) is 0 Å². The van der Waals surface area contributed by atoms with Crippen molar-refractivity contribution in [1.29, 1.82) is 0 Å². The van der Waals surface area contributed by atoms with E-state index in [2.05, 4.69) is 6.92 Å². The lowest BCUT2D eigenvalue weighted by molar-refractivity contribution is 0.103. The van der Waals surface area contributed by atoms with Gasteiger partial charge >= 0.3 is 0 Å². The van der Waals surface area contributed by atoms with E-state index in [9.17, 15) is 9.59 Å². The lowest BCUT2D eigenvalue weighted by Crippen LogP contribution is -1.97. The maximum absolute atomic E-state index is 12.1. The average molecular weight is 547 g/mol. The number of carbonyl (C=O) groups excluding carboxylic acids is 2. The van der Waals surface area contributed by atoms with Crippen LogP contribution in [0.15, 0.2) is 115 Å². The molecular formula is C36H38N2O3. The summed E-state index contributed by atoms with van der Waals surface area (Å²) in [5.74, 6) is 0.814. The van der Waals surface area contributed by atoms with Gasteiger partial charge in [0.05, 0.1) is 6.61 Å². The van der Waals surface area contributed by atoms with E-state index in [1.165, 1.54) is 19.3 Å². The zero-order chi connectivity index (χ0) is 29.3. The number of nitrogen functional groups attached to an aromatic ring is 2. The third kappa shape index (κ3) is 11.4. The van der Waals surface area contributed by atoms with Crippen LogP contribution in [0, 0.1) is 0 Å². The molecule has 0 amide bonds. The maximum atomic E-state index is 12.1. The number of unbranched alkanes of at least 4 members (excludes halogenated alkanes) is 3. The molecule has 0 unspecified atom stereocenters. The molecule has 0 radical (unpaired) electrons. The highest BCUT2D eigenvalue weighted by Gasteiger charge is 2.02. The molecule has 210 valence electrons. The molecule has 5 heteroatoms. The van der Waals surface area contributed by atoms with E-state index in [-0.39, 0.29) is 11.6 Å². The second kappa shape index (κ2) is 16.9. The van der Waals surface area contributed by atoms with Gasteiger partial charge in [-0.3, -0.25) is 9.59 Å². The van der Waals surface area contributed by atoms with Crippen molar-refractivity contribution in [2.24, 2.45) is 0 Å². The third-order valence-electron chi connectivity index (χ3n) is 6.19. The van der Waals surface area contributed by atoms with E-state index in [1.54, 1.807) is 66.8 Å². The van der Waals surface area contributed by atoms with E-state index >= 15 is 0 Å². The fourth-order valence-corrected chi connectivity index (χ4v) is 3.79. The van der Waals surface area contributed by atoms with Crippen LogP contribution in [0.4, 0.5) is 11.4 Å². The van der Waals surface area contributed by atoms with E-state index < -0.39 is 0 Å².